The number of hydrogen-bond acceptors (Lipinski definition) is 7. The van der Waals surface area contributed by atoms with Gasteiger partial charge < -0.3 is 5.32 Å². The quantitative estimate of drug-likeness (QED) is 0.374. The largest absolute Gasteiger partial charge is 0.324 e. The zero-order valence-corrected chi connectivity index (χ0v) is 19.9. The molecule has 0 aliphatic heterocycles. The number of sulfonamides is 1. The molecule has 1 N–H and O–H groups in total. The van der Waals surface area contributed by atoms with Gasteiger partial charge in [0.25, 0.3) is 0 Å². The first-order valence-electron chi connectivity index (χ1n) is 10.1. The summed E-state index contributed by atoms with van der Waals surface area (Å²) in [5.41, 5.74) is 1.34. The van der Waals surface area contributed by atoms with Gasteiger partial charge >= 0.3 is 0 Å². The molecule has 0 aliphatic carbocycles. The van der Waals surface area contributed by atoms with Crippen molar-refractivity contribution in [1.82, 2.24) is 18.9 Å². The van der Waals surface area contributed by atoms with Gasteiger partial charge in [-0.1, -0.05) is 37.7 Å². The molecule has 3 aromatic rings. The third kappa shape index (κ3) is 4.84. The number of nitrogens with zero attached hydrogens (tertiary/aromatic N) is 4. The number of aromatic nitrogens is 3. The Morgan fingerprint density at radius 2 is 1.81 bits per heavy atom. The first-order chi connectivity index (χ1) is 15.2. The van der Waals surface area contributed by atoms with E-state index < -0.39 is 15.3 Å². The summed E-state index contributed by atoms with van der Waals surface area (Å²) in [5, 5.41) is 10.8. The lowest BCUT2D eigenvalue weighted by Gasteiger charge is -2.18. The molecule has 0 saturated carbocycles. The van der Waals surface area contributed by atoms with Gasteiger partial charge in [-0.25, -0.2) is 8.42 Å². The first-order valence-corrected chi connectivity index (χ1v) is 12.4. The molecule has 2 aromatic heterocycles. The monoisotopic (exact) mass is 475 g/mol. The maximum Gasteiger partial charge on any atom is 0.244 e. The van der Waals surface area contributed by atoms with E-state index in [1.165, 1.54) is 23.5 Å². The van der Waals surface area contributed by atoms with Crippen molar-refractivity contribution in [2.45, 2.75) is 43.0 Å². The van der Waals surface area contributed by atoms with Crippen molar-refractivity contribution < 1.29 is 18.0 Å². The molecule has 0 radical (unpaired) electrons. The fourth-order valence-electron chi connectivity index (χ4n) is 3.14. The van der Waals surface area contributed by atoms with Crippen LogP contribution in [0.25, 0.3) is 5.65 Å². The fraction of sp³-hybridized carbons (Fsp3) is 0.333. The second-order valence-corrected chi connectivity index (χ2v) is 10.3. The van der Waals surface area contributed by atoms with Gasteiger partial charge in [0.1, 0.15) is 0 Å². The third-order valence-corrected chi connectivity index (χ3v) is 7.99. The number of anilines is 1. The van der Waals surface area contributed by atoms with E-state index in [0.717, 1.165) is 11.8 Å². The Balaban J connectivity index is 1.84. The van der Waals surface area contributed by atoms with Crippen LogP contribution in [0, 0.1) is 0 Å². The predicted octanol–water partition coefficient (Wildman–Crippen LogP) is 3.08. The van der Waals surface area contributed by atoms with Crippen LogP contribution in [0.1, 0.15) is 38.1 Å². The summed E-state index contributed by atoms with van der Waals surface area (Å²) >= 11 is 1.14. The Hall–Kier alpha value is -2.76. The third-order valence-electron chi connectivity index (χ3n) is 4.90. The van der Waals surface area contributed by atoms with Crippen LogP contribution in [0.5, 0.6) is 0 Å². The maximum atomic E-state index is 12.9. The highest BCUT2D eigenvalue weighted by molar-refractivity contribution is 8.00. The minimum absolute atomic E-state index is 0.128. The van der Waals surface area contributed by atoms with Gasteiger partial charge in [0.2, 0.25) is 15.9 Å². The standard InChI is InChI=1S/C21H25N5O4S2/c1-5-25(6-2)32(29,30)16-11-12-19-23-24-21(26(19)13-16)31-15(4)20(28)22-18-10-8-7-9-17(18)14(3)27/h7-13,15H,5-6H2,1-4H3,(H,22,28). The van der Waals surface area contributed by atoms with Crippen molar-refractivity contribution in [2.75, 3.05) is 18.4 Å². The minimum atomic E-state index is -3.65. The van der Waals surface area contributed by atoms with E-state index in [4.69, 9.17) is 0 Å². The van der Waals surface area contributed by atoms with E-state index in [0.29, 0.717) is 35.1 Å². The summed E-state index contributed by atoms with van der Waals surface area (Å²) in [6.45, 7) is 7.43. The van der Waals surface area contributed by atoms with E-state index in [1.54, 1.807) is 55.5 Å². The molecule has 1 unspecified atom stereocenters. The van der Waals surface area contributed by atoms with Crippen LogP contribution < -0.4 is 5.32 Å². The molecule has 170 valence electrons. The van der Waals surface area contributed by atoms with Crippen LogP contribution in [0.2, 0.25) is 0 Å². The lowest BCUT2D eigenvalue weighted by molar-refractivity contribution is -0.115. The predicted molar refractivity (Wildman–Crippen MR) is 123 cm³/mol. The van der Waals surface area contributed by atoms with E-state index in [2.05, 4.69) is 15.5 Å². The number of hydrogen-bond donors (Lipinski definition) is 1. The van der Waals surface area contributed by atoms with Crippen molar-refractivity contribution in [3.8, 4) is 0 Å². The Bertz CT molecular complexity index is 1250. The number of Topliss-reactive ketones (excluding diaryl/α,β-unsaturated/α-hetero) is 1. The Morgan fingerprint density at radius 1 is 1.12 bits per heavy atom. The van der Waals surface area contributed by atoms with Gasteiger partial charge in [-0.2, -0.15) is 4.31 Å². The van der Waals surface area contributed by atoms with Gasteiger partial charge in [-0.15, -0.1) is 10.2 Å². The summed E-state index contributed by atoms with van der Waals surface area (Å²) < 4.78 is 28.7. The highest BCUT2D eigenvalue weighted by Crippen LogP contribution is 2.26. The number of pyridine rings is 1. The van der Waals surface area contributed by atoms with E-state index in [-0.39, 0.29) is 16.6 Å². The van der Waals surface area contributed by atoms with Crippen molar-refractivity contribution in [3.05, 3.63) is 48.2 Å². The molecule has 2 heterocycles. The number of benzene rings is 1. The van der Waals surface area contributed by atoms with Crippen LogP contribution in [0.15, 0.2) is 52.6 Å². The number of fused-ring (bicyclic) bond motifs is 1. The van der Waals surface area contributed by atoms with Crippen molar-refractivity contribution >= 4 is 44.8 Å². The van der Waals surface area contributed by atoms with Crippen molar-refractivity contribution in [1.29, 1.82) is 0 Å². The zero-order valence-electron chi connectivity index (χ0n) is 18.3. The van der Waals surface area contributed by atoms with Gasteiger partial charge in [0, 0.05) is 24.8 Å². The first kappa shape index (κ1) is 23.9. The summed E-state index contributed by atoms with van der Waals surface area (Å²) in [7, 11) is -3.65. The van der Waals surface area contributed by atoms with Gasteiger partial charge in [0.05, 0.1) is 15.8 Å². The molecule has 1 aromatic carbocycles. The number of ketones is 1. The SMILES string of the molecule is CCN(CC)S(=O)(=O)c1ccc2nnc(SC(C)C(=O)Nc3ccccc3C(C)=O)n2c1. The van der Waals surface area contributed by atoms with Crippen LogP contribution in [-0.4, -0.2) is 57.4 Å². The molecule has 0 aliphatic rings. The van der Waals surface area contributed by atoms with Crippen molar-refractivity contribution in [3.63, 3.8) is 0 Å². The highest BCUT2D eigenvalue weighted by Gasteiger charge is 2.24. The minimum Gasteiger partial charge on any atom is -0.324 e. The van der Waals surface area contributed by atoms with E-state index in [9.17, 15) is 18.0 Å². The van der Waals surface area contributed by atoms with E-state index in [1.807, 2.05) is 0 Å². The molecular weight excluding hydrogens is 450 g/mol. The van der Waals surface area contributed by atoms with Crippen molar-refractivity contribution in [2.24, 2.45) is 0 Å². The Labute approximate surface area is 191 Å². The maximum absolute atomic E-state index is 12.9. The summed E-state index contributed by atoms with van der Waals surface area (Å²) in [5.74, 6) is -0.459. The van der Waals surface area contributed by atoms with E-state index >= 15 is 0 Å². The normalized spacial score (nSPS) is 12.8. The topological polar surface area (TPSA) is 114 Å². The molecule has 1 amide bonds. The Morgan fingerprint density at radius 3 is 2.47 bits per heavy atom. The molecule has 3 rings (SSSR count). The van der Waals surface area contributed by atoms with Crippen LogP contribution >= 0.6 is 11.8 Å². The second kappa shape index (κ2) is 9.80. The average Bonchev–Trinajstić information content (AvgIpc) is 3.16. The summed E-state index contributed by atoms with van der Waals surface area (Å²) in [4.78, 5) is 24.7. The lowest BCUT2D eigenvalue weighted by atomic mass is 10.1. The molecule has 1 atom stereocenters. The van der Waals surface area contributed by atoms with Crippen LogP contribution in [-0.2, 0) is 14.8 Å². The molecule has 0 bridgehead atoms. The second-order valence-electron chi connectivity index (χ2n) is 7.02. The fourth-order valence-corrected chi connectivity index (χ4v) is 5.43. The van der Waals surface area contributed by atoms with Gasteiger partial charge in [-0.05, 0) is 38.1 Å². The molecule has 0 spiro atoms. The van der Waals surface area contributed by atoms with Gasteiger partial charge in [-0.3, -0.25) is 14.0 Å². The van der Waals surface area contributed by atoms with Crippen LogP contribution in [0.4, 0.5) is 5.69 Å². The molecular formula is C21H25N5O4S2. The molecule has 0 saturated heterocycles. The highest BCUT2D eigenvalue weighted by atomic mass is 32.2. The summed E-state index contributed by atoms with van der Waals surface area (Å²) in [6.07, 6.45) is 1.47. The Kier molecular flexibility index (Phi) is 7.32. The zero-order chi connectivity index (χ0) is 23.5. The van der Waals surface area contributed by atoms with Gasteiger partial charge in [0.15, 0.2) is 16.6 Å². The number of para-hydroxylation sites is 1. The molecule has 32 heavy (non-hydrogen) atoms. The number of carbonyl (C=O) groups is 2. The number of carbonyl (C=O) groups excluding carboxylic acids is 2. The van der Waals surface area contributed by atoms with Crippen LogP contribution in [0.3, 0.4) is 0 Å². The number of amides is 1. The lowest BCUT2D eigenvalue weighted by Crippen LogP contribution is -2.30. The number of nitrogens with one attached hydrogen (secondary N) is 1. The molecule has 11 heteroatoms. The molecule has 0 fully saturated rings. The number of thioether (sulfide) groups is 1. The smallest absolute Gasteiger partial charge is 0.244 e. The summed E-state index contributed by atoms with van der Waals surface area (Å²) in [6, 6.07) is 9.88. The molecule has 9 nitrogen and oxygen atoms in total. The number of rotatable bonds is 9. The average molecular weight is 476 g/mol.